The number of rotatable bonds is 4. The van der Waals surface area contributed by atoms with Crippen molar-refractivity contribution in [2.24, 2.45) is 12.8 Å². The Labute approximate surface area is 94.6 Å². The maximum atomic E-state index is 5.62. The molecular formula is C12H15N3O. The fraction of sp³-hybridized carbons (Fsp3) is 0.250. The third kappa shape index (κ3) is 2.41. The highest BCUT2D eigenvalue weighted by molar-refractivity contribution is 5.23. The molecule has 0 aliphatic heterocycles. The first-order valence-corrected chi connectivity index (χ1v) is 5.19. The zero-order valence-electron chi connectivity index (χ0n) is 9.26. The van der Waals surface area contributed by atoms with E-state index < -0.39 is 0 Å². The zero-order valence-corrected chi connectivity index (χ0v) is 9.26. The van der Waals surface area contributed by atoms with Crippen LogP contribution in [-0.4, -0.2) is 9.78 Å². The first kappa shape index (κ1) is 10.7. The molecule has 4 heteroatoms. The normalized spacial score (nSPS) is 10.4. The van der Waals surface area contributed by atoms with Gasteiger partial charge in [-0.2, -0.15) is 0 Å². The number of benzene rings is 1. The van der Waals surface area contributed by atoms with Crippen LogP contribution in [0.5, 0.6) is 5.88 Å². The van der Waals surface area contributed by atoms with Gasteiger partial charge in [0.1, 0.15) is 6.61 Å². The zero-order chi connectivity index (χ0) is 11.4. The number of nitrogens with two attached hydrogens (primary N) is 1. The van der Waals surface area contributed by atoms with E-state index in [4.69, 9.17) is 10.5 Å². The summed E-state index contributed by atoms with van der Waals surface area (Å²) in [5.41, 5.74) is 7.65. The molecule has 0 atom stereocenters. The van der Waals surface area contributed by atoms with Crippen molar-refractivity contribution in [3.05, 3.63) is 47.7 Å². The predicted octanol–water partition coefficient (Wildman–Crippen LogP) is 1.46. The molecule has 0 spiro atoms. The summed E-state index contributed by atoms with van der Waals surface area (Å²) < 4.78 is 7.33. The molecule has 4 nitrogen and oxygen atoms in total. The maximum Gasteiger partial charge on any atom is 0.237 e. The third-order valence-electron chi connectivity index (χ3n) is 2.30. The molecule has 0 radical (unpaired) electrons. The van der Waals surface area contributed by atoms with E-state index in [1.807, 2.05) is 43.6 Å². The SMILES string of the molecule is Cn1cc(CN)c(OCc2ccccc2)n1. The average Bonchev–Trinajstić information content (AvgIpc) is 2.68. The van der Waals surface area contributed by atoms with Gasteiger partial charge in [-0.05, 0) is 5.56 Å². The molecule has 0 bridgehead atoms. The van der Waals surface area contributed by atoms with E-state index in [1.165, 1.54) is 0 Å². The van der Waals surface area contributed by atoms with Crippen molar-refractivity contribution < 1.29 is 4.74 Å². The summed E-state index contributed by atoms with van der Waals surface area (Å²) in [5.74, 6) is 0.619. The fourth-order valence-electron chi connectivity index (χ4n) is 1.50. The Morgan fingerprint density at radius 1 is 1.31 bits per heavy atom. The van der Waals surface area contributed by atoms with Crippen molar-refractivity contribution in [3.63, 3.8) is 0 Å². The number of ether oxygens (including phenoxy) is 1. The Morgan fingerprint density at radius 3 is 2.75 bits per heavy atom. The van der Waals surface area contributed by atoms with Crippen LogP contribution in [0.4, 0.5) is 0 Å². The first-order chi connectivity index (χ1) is 7.79. The van der Waals surface area contributed by atoms with E-state index in [0.717, 1.165) is 11.1 Å². The van der Waals surface area contributed by atoms with Gasteiger partial charge in [0.25, 0.3) is 0 Å². The van der Waals surface area contributed by atoms with Crippen LogP contribution in [0.15, 0.2) is 36.5 Å². The van der Waals surface area contributed by atoms with Crippen molar-refractivity contribution in [2.45, 2.75) is 13.2 Å². The minimum absolute atomic E-state index is 0.442. The van der Waals surface area contributed by atoms with Gasteiger partial charge in [-0.3, -0.25) is 4.68 Å². The molecular weight excluding hydrogens is 202 g/mol. The molecule has 2 rings (SSSR count). The molecule has 1 heterocycles. The number of nitrogens with zero attached hydrogens (tertiary/aromatic N) is 2. The molecule has 16 heavy (non-hydrogen) atoms. The van der Waals surface area contributed by atoms with Crippen molar-refractivity contribution in [1.29, 1.82) is 0 Å². The topological polar surface area (TPSA) is 53.1 Å². The van der Waals surface area contributed by atoms with Crippen LogP contribution < -0.4 is 10.5 Å². The van der Waals surface area contributed by atoms with E-state index in [2.05, 4.69) is 5.10 Å². The Bertz CT molecular complexity index is 451. The van der Waals surface area contributed by atoms with Gasteiger partial charge in [-0.15, -0.1) is 5.10 Å². The van der Waals surface area contributed by atoms with E-state index in [1.54, 1.807) is 4.68 Å². The predicted molar refractivity (Wildman–Crippen MR) is 61.9 cm³/mol. The lowest BCUT2D eigenvalue weighted by molar-refractivity contribution is 0.288. The Kier molecular flexibility index (Phi) is 3.22. The third-order valence-corrected chi connectivity index (χ3v) is 2.30. The molecule has 0 aliphatic carbocycles. The molecule has 1 aromatic carbocycles. The second kappa shape index (κ2) is 4.81. The quantitative estimate of drug-likeness (QED) is 0.843. The Balaban J connectivity index is 2.04. The number of hydrogen-bond donors (Lipinski definition) is 1. The lowest BCUT2D eigenvalue weighted by atomic mass is 10.2. The molecule has 84 valence electrons. The van der Waals surface area contributed by atoms with Crippen LogP contribution in [0.1, 0.15) is 11.1 Å². The van der Waals surface area contributed by atoms with Crippen molar-refractivity contribution >= 4 is 0 Å². The lowest BCUT2D eigenvalue weighted by Crippen LogP contribution is -2.01. The maximum absolute atomic E-state index is 5.62. The van der Waals surface area contributed by atoms with Gasteiger partial charge in [-0.25, -0.2) is 0 Å². The first-order valence-electron chi connectivity index (χ1n) is 5.19. The van der Waals surface area contributed by atoms with Crippen LogP contribution in [-0.2, 0) is 20.2 Å². The molecule has 0 saturated carbocycles. The minimum Gasteiger partial charge on any atom is -0.472 e. The molecule has 0 aliphatic rings. The highest BCUT2D eigenvalue weighted by Gasteiger charge is 2.06. The van der Waals surface area contributed by atoms with E-state index in [0.29, 0.717) is 19.0 Å². The highest BCUT2D eigenvalue weighted by atomic mass is 16.5. The molecule has 2 aromatic rings. The van der Waals surface area contributed by atoms with Gasteiger partial charge < -0.3 is 10.5 Å². The van der Waals surface area contributed by atoms with Crippen LogP contribution >= 0.6 is 0 Å². The van der Waals surface area contributed by atoms with E-state index >= 15 is 0 Å². The van der Waals surface area contributed by atoms with E-state index in [9.17, 15) is 0 Å². The van der Waals surface area contributed by atoms with Crippen LogP contribution in [0.2, 0.25) is 0 Å². The second-order valence-corrected chi connectivity index (χ2v) is 3.61. The van der Waals surface area contributed by atoms with Crippen molar-refractivity contribution in [2.75, 3.05) is 0 Å². The van der Waals surface area contributed by atoms with Gasteiger partial charge >= 0.3 is 0 Å². The summed E-state index contributed by atoms with van der Waals surface area (Å²) in [7, 11) is 1.86. The number of hydrogen-bond acceptors (Lipinski definition) is 3. The summed E-state index contributed by atoms with van der Waals surface area (Å²) in [6.07, 6.45) is 1.88. The summed E-state index contributed by atoms with van der Waals surface area (Å²) >= 11 is 0. The molecule has 0 unspecified atom stereocenters. The Hall–Kier alpha value is -1.81. The van der Waals surface area contributed by atoms with Crippen LogP contribution in [0.3, 0.4) is 0 Å². The van der Waals surface area contributed by atoms with Gasteiger partial charge in [0, 0.05) is 25.4 Å². The number of aromatic nitrogens is 2. The van der Waals surface area contributed by atoms with Gasteiger partial charge in [-0.1, -0.05) is 30.3 Å². The lowest BCUT2D eigenvalue weighted by Gasteiger charge is -2.04. The minimum atomic E-state index is 0.442. The summed E-state index contributed by atoms with van der Waals surface area (Å²) in [5, 5.41) is 4.21. The van der Waals surface area contributed by atoms with Crippen molar-refractivity contribution in [1.82, 2.24) is 9.78 Å². The molecule has 0 saturated heterocycles. The van der Waals surface area contributed by atoms with E-state index in [-0.39, 0.29) is 0 Å². The number of aryl methyl sites for hydroxylation is 1. The Morgan fingerprint density at radius 2 is 2.06 bits per heavy atom. The van der Waals surface area contributed by atoms with Gasteiger partial charge in [0.2, 0.25) is 5.88 Å². The van der Waals surface area contributed by atoms with Crippen LogP contribution in [0, 0.1) is 0 Å². The monoisotopic (exact) mass is 217 g/mol. The molecule has 2 N–H and O–H groups in total. The van der Waals surface area contributed by atoms with Gasteiger partial charge in [0.15, 0.2) is 0 Å². The smallest absolute Gasteiger partial charge is 0.237 e. The van der Waals surface area contributed by atoms with Crippen LogP contribution in [0.25, 0.3) is 0 Å². The largest absolute Gasteiger partial charge is 0.472 e. The summed E-state index contributed by atoms with van der Waals surface area (Å²) in [4.78, 5) is 0. The summed E-state index contributed by atoms with van der Waals surface area (Å²) in [6.45, 7) is 0.961. The second-order valence-electron chi connectivity index (χ2n) is 3.61. The molecule has 1 aromatic heterocycles. The molecule has 0 fully saturated rings. The highest BCUT2D eigenvalue weighted by Crippen LogP contribution is 2.15. The fourth-order valence-corrected chi connectivity index (χ4v) is 1.50. The average molecular weight is 217 g/mol. The van der Waals surface area contributed by atoms with Gasteiger partial charge in [0.05, 0.1) is 0 Å². The van der Waals surface area contributed by atoms with Crippen molar-refractivity contribution in [3.8, 4) is 5.88 Å². The molecule has 0 amide bonds. The standard InChI is InChI=1S/C12H15N3O/c1-15-8-11(7-13)12(14-15)16-9-10-5-3-2-4-6-10/h2-6,8H,7,9,13H2,1H3. The summed E-state index contributed by atoms with van der Waals surface area (Å²) in [6, 6.07) is 9.99.